The van der Waals surface area contributed by atoms with Crippen molar-refractivity contribution < 1.29 is 4.52 Å². The molecular formula is C9H11N5O. The molecule has 0 radical (unpaired) electrons. The zero-order valence-electron chi connectivity index (χ0n) is 8.27. The van der Waals surface area contributed by atoms with Crippen LogP contribution in [0, 0.1) is 6.92 Å². The van der Waals surface area contributed by atoms with Crippen molar-refractivity contribution in [2.75, 3.05) is 11.1 Å². The molecule has 6 heteroatoms. The van der Waals surface area contributed by atoms with Gasteiger partial charge in [0.25, 0.3) is 0 Å². The standard InChI is InChI=1S/C9H11N5O/c1-6-4-7(14-15-6)5-12-8-2-3-11-9(10)13-8/h2-4H,5H2,1H3,(H3,10,11,12,13). The molecule has 2 heterocycles. The van der Waals surface area contributed by atoms with Crippen molar-refractivity contribution in [2.24, 2.45) is 0 Å². The molecule has 0 unspecified atom stereocenters. The first-order valence-electron chi connectivity index (χ1n) is 4.48. The second kappa shape index (κ2) is 3.95. The fourth-order valence-electron chi connectivity index (χ4n) is 1.15. The van der Waals surface area contributed by atoms with E-state index in [0.29, 0.717) is 12.4 Å². The van der Waals surface area contributed by atoms with Gasteiger partial charge in [-0.25, -0.2) is 4.98 Å². The van der Waals surface area contributed by atoms with Crippen LogP contribution in [0.25, 0.3) is 0 Å². The third kappa shape index (κ3) is 2.43. The zero-order valence-corrected chi connectivity index (χ0v) is 8.27. The summed E-state index contributed by atoms with van der Waals surface area (Å²) < 4.78 is 4.93. The Balaban J connectivity index is 1.99. The highest BCUT2D eigenvalue weighted by atomic mass is 16.5. The molecule has 15 heavy (non-hydrogen) atoms. The summed E-state index contributed by atoms with van der Waals surface area (Å²) in [6, 6.07) is 3.60. The van der Waals surface area contributed by atoms with Crippen molar-refractivity contribution in [3.63, 3.8) is 0 Å². The molecule has 0 aromatic carbocycles. The molecule has 78 valence electrons. The molecule has 0 saturated carbocycles. The molecule has 6 nitrogen and oxygen atoms in total. The van der Waals surface area contributed by atoms with Gasteiger partial charge in [0.05, 0.1) is 6.54 Å². The number of anilines is 2. The summed E-state index contributed by atoms with van der Waals surface area (Å²) >= 11 is 0. The van der Waals surface area contributed by atoms with Crippen LogP contribution in [0.4, 0.5) is 11.8 Å². The number of rotatable bonds is 3. The van der Waals surface area contributed by atoms with E-state index in [1.165, 1.54) is 0 Å². The molecule has 0 aliphatic heterocycles. The molecule has 0 aliphatic carbocycles. The molecule has 0 amide bonds. The number of aromatic nitrogens is 3. The van der Waals surface area contributed by atoms with Crippen molar-refractivity contribution in [3.8, 4) is 0 Å². The minimum atomic E-state index is 0.247. The predicted molar refractivity (Wildman–Crippen MR) is 55.0 cm³/mol. The number of aryl methyl sites for hydroxylation is 1. The fraction of sp³-hybridized carbons (Fsp3) is 0.222. The Morgan fingerprint density at radius 3 is 3.07 bits per heavy atom. The van der Waals surface area contributed by atoms with Gasteiger partial charge in [-0.1, -0.05) is 5.16 Å². The van der Waals surface area contributed by atoms with Crippen molar-refractivity contribution in [3.05, 3.63) is 29.8 Å². The smallest absolute Gasteiger partial charge is 0.221 e. The van der Waals surface area contributed by atoms with Gasteiger partial charge < -0.3 is 15.6 Å². The highest BCUT2D eigenvalue weighted by molar-refractivity contribution is 5.37. The van der Waals surface area contributed by atoms with Crippen LogP contribution in [0.15, 0.2) is 22.9 Å². The average molecular weight is 205 g/mol. The first kappa shape index (κ1) is 9.45. The molecule has 0 spiro atoms. The average Bonchev–Trinajstić information content (AvgIpc) is 2.62. The lowest BCUT2D eigenvalue weighted by Crippen LogP contribution is -2.03. The van der Waals surface area contributed by atoms with E-state index in [0.717, 1.165) is 11.5 Å². The molecule has 3 N–H and O–H groups in total. The van der Waals surface area contributed by atoms with Gasteiger partial charge in [-0.2, -0.15) is 4.98 Å². The van der Waals surface area contributed by atoms with E-state index in [2.05, 4.69) is 20.4 Å². The largest absolute Gasteiger partial charge is 0.368 e. The minimum Gasteiger partial charge on any atom is -0.368 e. The van der Waals surface area contributed by atoms with Crippen LogP contribution in [-0.4, -0.2) is 15.1 Å². The van der Waals surface area contributed by atoms with Crippen molar-refractivity contribution in [1.82, 2.24) is 15.1 Å². The molecule has 0 bridgehead atoms. The quantitative estimate of drug-likeness (QED) is 0.775. The van der Waals surface area contributed by atoms with Crippen LogP contribution < -0.4 is 11.1 Å². The number of nitrogens with two attached hydrogens (primary N) is 1. The normalized spacial score (nSPS) is 10.2. The SMILES string of the molecule is Cc1cc(CNc2ccnc(N)n2)no1. The summed E-state index contributed by atoms with van der Waals surface area (Å²) in [5.41, 5.74) is 6.26. The lowest BCUT2D eigenvalue weighted by molar-refractivity contribution is 0.391. The van der Waals surface area contributed by atoms with Crippen LogP contribution in [0.2, 0.25) is 0 Å². The van der Waals surface area contributed by atoms with Crippen molar-refractivity contribution in [2.45, 2.75) is 13.5 Å². The molecule has 0 atom stereocenters. The molecule has 2 aromatic heterocycles. The maximum atomic E-state index is 5.44. The molecular weight excluding hydrogens is 194 g/mol. The molecule has 2 rings (SSSR count). The molecule has 0 fully saturated rings. The Morgan fingerprint density at radius 1 is 1.53 bits per heavy atom. The Hall–Kier alpha value is -2.11. The predicted octanol–water partition coefficient (Wildman–Crippen LogP) is 0.967. The van der Waals surface area contributed by atoms with Gasteiger partial charge in [0.15, 0.2) is 0 Å². The highest BCUT2D eigenvalue weighted by Crippen LogP contribution is 2.06. The molecule has 0 aliphatic rings. The van der Waals surface area contributed by atoms with Crippen LogP contribution in [0.1, 0.15) is 11.5 Å². The van der Waals surface area contributed by atoms with Crippen LogP contribution in [0.3, 0.4) is 0 Å². The van der Waals surface area contributed by atoms with Gasteiger partial charge in [-0.15, -0.1) is 0 Å². The molecule has 2 aromatic rings. The summed E-state index contributed by atoms with van der Waals surface area (Å²) in [4.78, 5) is 7.78. The lowest BCUT2D eigenvalue weighted by atomic mass is 10.4. The summed E-state index contributed by atoms with van der Waals surface area (Å²) in [7, 11) is 0. The third-order valence-corrected chi connectivity index (χ3v) is 1.80. The summed E-state index contributed by atoms with van der Waals surface area (Å²) in [6.45, 7) is 2.40. The van der Waals surface area contributed by atoms with E-state index in [1.54, 1.807) is 12.3 Å². The maximum Gasteiger partial charge on any atom is 0.221 e. The van der Waals surface area contributed by atoms with Crippen molar-refractivity contribution in [1.29, 1.82) is 0 Å². The van der Waals surface area contributed by atoms with Crippen LogP contribution >= 0.6 is 0 Å². The Morgan fingerprint density at radius 2 is 2.40 bits per heavy atom. The van der Waals surface area contributed by atoms with E-state index >= 15 is 0 Å². The number of hydrogen-bond donors (Lipinski definition) is 2. The van der Waals surface area contributed by atoms with Gasteiger partial charge in [-0.3, -0.25) is 0 Å². The van der Waals surface area contributed by atoms with Gasteiger partial charge in [0.1, 0.15) is 17.3 Å². The Kier molecular flexibility index (Phi) is 2.49. The first-order chi connectivity index (χ1) is 7.24. The second-order valence-electron chi connectivity index (χ2n) is 3.08. The van der Waals surface area contributed by atoms with E-state index in [9.17, 15) is 0 Å². The minimum absolute atomic E-state index is 0.247. The van der Waals surface area contributed by atoms with Crippen LogP contribution in [-0.2, 0) is 6.54 Å². The molecule has 0 saturated heterocycles. The number of nitrogens with zero attached hydrogens (tertiary/aromatic N) is 3. The van der Waals surface area contributed by atoms with Crippen LogP contribution in [0.5, 0.6) is 0 Å². The maximum absolute atomic E-state index is 5.44. The number of hydrogen-bond acceptors (Lipinski definition) is 6. The Bertz CT molecular complexity index is 453. The first-order valence-corrected chi connectivity index (χ1v) is 4.48. The summed E-state index contributed by atoms with van der Waals surface area (Å²) in [5, 5.41) is 6.90. The fourth-order valence-corrected chi connectivity index (χ4v) is 1.15. The highest BCUT2D eigenvalue weighted by Gasteiger charge is 2.00. The summed E-state index contributed by atoms with van der Waals surface area (Å²) in [6.07, 6.45) is 1.60. The van der Waals surface area contributed by atoms with Crippen molar-refractivity contribution >= 4 is 11.8 Å². The number of nitrogen functional groups attached to an aromatic ring is 1. The van der Waals surface area contributed by atoms with Gasteiger partial charge in [-0.05, 0) is 13.0 Å². The third-order valence-electron chi connectivity index (χ3n) is 1.80. The van der Waals surface area contributed by atoms with Gasteiger partial charge in [0, 0.05) is 12.3 Å². The summed E-state index contributed by atoms with van der Waals surface area (Å²) in [5.74, 6) is 1.70. The van der Waals surface area contributed by atoms with E-state index in [-0.39, 0.29) is 5.95 Å². The van der Waals surface area contributed by atoms with E-state index in [1.807, 2.05) is 13.0 Å². The number of nitrogens with one attached hydrogen (secondary N) is 1. The van der Waals surface area contributed by atoms with Gasteiger partial charge in [0.2, 0.25) is 5.95 Å². The lowest BCUT2D eigenvalue weighted by Gasteiger charge is -2.02. The zero-order chi connectivity index (χ0) is 10.7. The van der Waals surface area contributed by atoms with E-state index < -0.39 is 0 Å². The van der Waals surface area contributed by atoms with Gasteiger partial charge >= 0.3 is 0 Å². The Labute approximate surface area is 86.5 Å². The second-order valence-corrected chi connectivity index (χ2v) is 3.08. The topological polar surface area (TPSA) is 89.9 Å². The monoisotopic (exact) mass is 205 g/mol. The van der Waals surface area contributed by atoms with E-state index in [4.69, 9.17) is 10.3 Å².